The van der Waals surface area contributed by atoms with E-state index in [4.69, 9.17) is 4.74 Å². The lowest BCUT2D eigenvalue weighted by atomic mass is 9.97. The van der Waals surface area contributed by atoms with Crippen molar-refractivity contribution >= 4 is 23.5 Å². The first-order chi connectivity index (χ1) is 12.1. The number of nitrogens with zero attached hydrogens (tertiary/aromatic N) is 1. The highest BCUT2D eigenvalue weighted by molar-refractivity contribution is 5.98. The number of hydrogen-bond acceptors (Lipinski definition) is 4. The monoisotopic (exact) mass is 344 g/mol. The van der Waals surface area contributed by atoms with E-state index in [-0.39, 0.29) is 29.6 Å². The van der Waals surface area contributed by atoms with Crippen molar-refractivity contribution in [1.82, 2.24) is 4.90 Å². The first-order valence-corrected chi connectivity index (χ1v) is 8.95. The number of anilines is 1. The van der Waals surface area contributed by atoms with Gasteiger partial charge < -0.3 is 15.0 Å². The second kappa shape index (κ2) is 7.68. The molecule has 1 saturated carbocycles. The van der Waals surface area contributed by atoms with Crippen molar-refractivity contribution in [1.29, 1.82) is 0 Å². The molecule has 0 spiro atoms. The third-order valence-electron chi connectivity index (χ3n) is 4.65. The van der Waals surface area contributed by atoms with E-state index in [1.54, 1.807) is 36.1 Å². The minimum absolute atomic E-state index is 0.0185. The lowest BCUT2D eigenvalue weighted by Gasteiger charge is -2.31. The summed E-state index contributed by atoms with van der Waals surface area (Å²) in [6.07, 6.45) is 3.41. The Bertz CT molecular complexity index is 669. The van der Waals surface area contributed by atoms with Crippen molar-refractivity contribution in [3.8, 4) is 0 Å². The summed E-state index contributed by atoms with van der Waals surface area (Å²) in [5.41, 5.74) is 1.17. The van der Waals surface area contributed by atoms with Crippen LogP contribution in [-0.2, 0) is 14.3 Å². The maximum absolute atomic E-state index is 12.8. The van der Waals surface area contributed by atoms with Gasteiger partial charge in [-0.05, 0) is 50.8 Å². The zero-order valence-electron chi connectivity index (χ0n) is 14.5. The van der Waals surface area contributed by atoms with Crippen LogP contribution in [0.3, 0.4) is 0 Å². The van der Waals surface area contributed by atoms with Crippen LogP contribution in [0.5, 0.6) is 0 Å². The van der Waals surface area contributed by atoms with Gasteiger partial charge >= 0.3 is 5.97 Å². The molecule has 0 aromatic heterocycles. The van der Waals surface area contributed by atoms with Crippen LogP contribution in [0.1, 0.15) is 43.0 Å². The summed E-state index contributed by atoms with van der Waals surface area (Å²) >= 11 is 0. The van der Waals surface area contributed by atoms with E-state index >= 15 is 0 Å². The van der Waals surface area contributed by atoms with Gasteiger partial charge in [-0.1, -0.05) is 6.07 Å². The summed E-state index contributed by atoms with van der Waals surface area (Å²) in [6, 6.07) is 7.00. The average Bonchev–Trinajstić information content (AvgIpc) is 3.47. The van der Waals surface area contributed by atoms with E-state index in [0.29, 0.717) is 30.9 Å². The molecule has 1 aliphatic heterocycles. The molecule has 3 rings (SSSR count). The zero-order valence-corrected chi connectivity index (χ0v) is 14.5. The number of hydrogen-bond donors (Lipinski definition) is 1. The Balaban J connectivity index is 1.65. The smallest absolute Gasteiger partial charge is 0.310 e. The summed E-state index contributed by atoms with van der Waals surface area (Å²) in [5.74, 6) is -0.464. The molecule has 0 unspecified atom stereocenters. The Morgan fingerprint density at radius 2 is 2.00 bits per heavy atom. The van der Waals surface area contributed by atoms with Gasteiger partial charge in [0.2, 0.25) is 5.91 Å². The fourth-order valence-corrected chi connectivity index (χ4v) is 3.12. The highest BCUT2D eigenvalue weighted by atomic mass is 16.5. The Hall–Kier alpha value is -2.37. The number of rotatable bonds is 5. The van der Waals surface area contributed by atoms with Crippen LogP contribution in [0.15, 0.2) is 24.3 Å². The lowest BCUT2D eigenvalue weighted by Crippen LogP contribution is -2.42. The van der Waals surface area contributed by atoms with E-state index < -0.39 is 0 Å². The van der Waals surface area contributed by atoms with Crippen LogP contribution in [-0.4, -0.2) is 42.4 Å². The summed E-state index contributed by atoms with van der Waals surface area (Å²) in [4.78, 5) is 38.3. The molecular weight excluding hydrogens is 320 g/mol. The van der Waals surface area contributed by atoms with E-state index in [0.717, 1.165) is 25.7 Å². The number of carbonyl (C=O) groups excluding carboxylic acids is 3. The topological polar surface area (TPSA) is 75.7 Å². The normalized spacial score (nSPS) is 20.0. The second-order valence-corrected chi connectivity index (χ2v) is 6.69. The Kier molecular flexibility index (Phi) is 5.36. The van der Waals surface area contributed by atoms with E-state index in [2.05, 4.69) is 5.32 Å². The third kappa shape index (κ3) is 4.38. The van der Waals surface area contributed by atoms with Crippen molar-refractivity contribution < 1.29 is 19.1 Å². The van der Waals surface area contributed by atoms with Gasteiger partial charge in [-0.3, -0.25) is 14.4 Å². The van der Waals surface area contributed by atoms with Crippen molar-refractivity contribution in [2.24, 2.45) is 11.8 Å². The highest BCUT2D eigenvalue weighted by Crippen LogP contribution is 2.30. The third-order valence-corrected chi connectivity index (χ3v) is 4.65. The zero-order chi connectivity index (χ0) is 17.8. The Morgan fingerprint density at radius 1 is 1.20 bits per heavy atom. The lowest BCUT2D eigenvalue weighted by molar-refractivity contribution is -0.149. The molecule has 2 amide bonds. The van der Waals surface area contributed by atoms with Gasteiger partial charge in [0.1, 0.15) is 0 Å². The van der Waals surface area contributed by atoms with Crippen LogP contribution in [0.25, 0.3) is 0 Å². The number of esters is 1. The van der Waals surface area contributed by atoms with Crippen molar-refractivity contribution in [3.63, 3.8) is 0 Å². The van der Waals surface area contributed by atoms with Crippen LogP contribution >= 0.6 is 0 Å². The summed E-state index contributed by atoms with van der Waals surface area (Å²) in [6.45, 7) is 3.15. The largest absolute Gasteiger partial charge is 0.466 e. The first kappa shape index (κ1) is 17.5. The van der Waals surface area contributed by atoms with Gasteiger partial charge in [0.05, 0.1) is 12.5 Å². The number of ether oxygens (including phenoxy) is 1. The first-order valence-electron chi connectivity index (χ1n) is 8.95. The van der Waals surface area contributed by atoms with Crippen LogP contribution in [0.4, 0.5) is 5.69 Å². The number of piperidine rings is 1. The van der Waals surface area contributed by atoms with Crippen LogP contribution < -0.4 is 5.32 Å². The molecule has 0 radical (unpaired) electrons. The molecule has 2 fully saturated rings. The molecule has 0 bridgehead atoms. The molecule has 1 aromatic carbocycles. The van der Waals surface area contributed by atoms with Gasteiger partial charge in [0, 0.05) is 30.3 Å². The number of amides is 2. The molecule has 6 nitrogen and oxygen atoms in total. The van der Waals surface area contributed by atoms with Gasteiger partial charge in [-0.25, -0.2) is 0 Å². The summed E-state index contributed by atoms with van der Waals surface area (Å²) in [7, 11) is 0. The van der Waals surface area contributed by atoms with Gasteiger partial charge in [0.25, 0.3) is 5.91 Å². The maximum atomic E-state index is 12.8. The van der Waals surface area contributed by atoms with E-state index in [1.165, 1.54) is 0 Å². The molecule has 2 aliphatic rings. The molecule has 25 heavy (non-hydrogen) atoms. The van der Waals surface area contributed by atoms with Crippen LogP contribution in [0, 0.1) is 11.8 Å². The van der Waals surface area contributed by atoms with Crippen molar-refractivity contribution in [3.05, 3.63) is 29.8 Å². The van der Waals surface area contributed by atoms with Crippen molar-refractivity contribution in [2.75, 3.05) is 25.0 Å². The Morgan fingerprint density at radius 3 is 2.72 bits per heavy atom. The molecule has 1 heterocycles. The number of carbonyl (C=O) groups is 3. The molecule has 1 atom stereocenters. The second-order valence-electron chi connectivity index (χ2n) is 6.69. The predicted octanol–water partition coefficient (Wildman–Crippen LogP) is 2.45. The maximum Gasteiger partial charge on any atom is 0.310 e. The number of nitrogens with one attached hydrogen (secondary N) is 1. The molecule has 1 aromatic rings. The standard InChI is InChI=1S/C19H24N2O4/c1-2-25-19(24)15-6-4-10-21(12-15)18(23)14-5-3-7-16(11-14)20-17(22)13-8-9-13/h3,5,7,11,13,15H,2,4,6,8-10,12H2,1H3,(H,20,22)/t15-/m0/s1. The fraction of sp³-hybridized carbons (Fsp3) is 0.526. The Labute approximate surface area is 147 Å². The van der Waals surface area contributed by atoms with E-state index in [1.807, 2.05) is 0 Å². The van der Waals surface area contributed by atoms with Gasteiger partial charge in [-0.2, -0.15) is 0 Å². The minimum atomic E-state index is -0.254. The summed E-state index contributed by atoms with van der Waals surface area (Å²) in [5, 5.41) is 2.86. The van der Waals surface area contributed by atoms with E-state index in [9.17, 15) is 14.4 Å². The predicted molar refractivity (Wildman–Crippen MR) is 93.1 cm³/mol. The summed E-state index contributed by atoms with van der Waals surface area (Å²) < 4.78 is 5.08. The quantitative estimate of drug-likeness (QED) is 0.833. The van der Waals surface area contributed by atoms with Gasteiger partial charge in [0.15, 0.2) is 0 Å². The molecule has 6 heteroatoms. The molecular formula is C19H24N2O4. The minimum Gasteiger partial charge on any atom is -0.466 e. The van der Waals surface area contributed by atoms with Gasteiger partial charge in [-0.15, -0.1) is 0 Å². The highest BCUT2D eigenvalue weighted by Gasteiger charge is 2.31. The number of likely N-dealkylation sites (tertiary alicyclic amines) is 1. The molecule has 1 N–H and O–H groups in total. The molecule has 1 saturated heterocycles. The molecule has 1 aliphatic carbocycles. The SMILES string of the molecule is CCOC(=O)[C@H]1CCCN(C(=O)c2cccc(NC(=O)C3CC3)c2)C1. The van der Waals surface area contributed by atoms with Crippen LogP contribution in [0.2, 0.25) is 0 Å². The van der Waals surface area contributed by atoms with Crippen molar-refractivity contribution in [2.45, 2.75) is 32.6 Å². The fourth-order valence-electron chi connectivity index (χ4n) is 3.12. The molecule has 134 valence electrons. The average molecular weight is 344 g/mol. The number of benzene rings is 1.